The number of amides is 2. The number of carbonyl (C=O) groups is 3. The maximum absolute atomic E-state index is 14.3. The molecule has 34 heavy (non-hydrogen) atoms. The van der Waals surface area contributed by atoms with Crippen molar-refractivity contribution >= 4 is 40.5 Å². The SMILES string of the molecule is CC(C)(C)OC(=O)Nc1ccc(-c2ccccc2F)cc1NC(=O)CC(=O)c1ccc(C#N)s1. The van der Waals surface area contributed by atoms with Gasteiger partial charge in [-0.05, 0) is 56.7 Å². The van der Waals surface area contributed by atoms with Crippen LogP contribution in [0.1, 0.15) is 41.7 Å². The van der Waals surface area contributed by atoms with Crippen molar-refractivity contribution in [2.45, 2.75) is 32.8 Å². The first-order chi connectivity index (χ1) is 16.1. The summed E-state index contributed by atoms with van der Waals surface area (Å²) in [5.74, 6) is -1.53. The van der Waals surface area contributed by atoms with E-state index in [0.29, 0.717) is 20.9 Å². The van der Waals surface area contributed by atoms with Crippen LogP contribution in [0.25, 0.3) is 11.1 Å². The second-order valence-corrected chi connectivity index (χ2v) is 9.37. The number of halogens is 1. The number of hydrogen-bond donors (Lipinski definition) is 2. The van der Waals surface area contributed by atoms with Gasteiger partial charge in [0, 0.05) is 5.56 Å². The minimum absolute atomic E-state index is 0.174. The Morgan fingerprint density at radius 1 is 1.03 bits per heavy atom. The Morgan fingerprint density at radius 2 is 1.76 bits per heavy atom. The van der Waals surface area contributed by atoms with Crippen molar-refractivity contribution in [3.8, 4) is 17.2 Å². The third-order valence-electron chi connectivity index (χ3n) is 4.43. The van der Waals surface area contributed by atoms with Crippen molar-refractivity contribution in [3.63, 3.8) is 0 Å². The van der Waals surface area contributed by atoms with Crippen LogP contribution < -0.4 is 10.6 Å². The Labute approximate surface area is 200 Å². The number of hydrogen-bond acceptors (Lipinski definition) is 6. The molecule has 3 rings (SSSR count). The molecule has 0 unspecified atom stereocenters. The lowest BCUT2D eigenvalue weighted by molar-refractivity contribution is -0.115. The molecule has 0 radical (unpaired) electrons. The van der Waals surface area contributed by atoms with Crippen LogP contribution in [0, 0.1) is 17.1 Å². The Kier molecular flexibility index (Phi) is 7.44. The third kappa shape index (κ3) is 6.49. The number of nitriles is 1. The number of thiophene rings is 1. The van der Waals surface area contributed by atoms with Gasteiger partial charge in [0.05, 0.1) is 22.7 Å². The van der Waals surface area contributed by atoms with Gasteiger partial charge in [0.2, 0.25) is 5.91 Å². The zero-order valence-corrected chi connectivity index (χ0v) is 19.6. The summed E-state index contributed by atoms with van der Waals surface area (Å²) in [6.07, 6.45) is -1.21. The second-order valence-electron chi connectivity index (χ2n) is 8.29. The van der Waals surface area contributed by atoms with Crippen LogP contribution in [-0.4, -0.2) is 23.4 Å². The summed E-state index contributed by atoms with van der Waals surface area (Å²) in [5.41, 5.74) is 0.425. The smallest absolute Gasteiger partial charge is 0.412 e. The fourth-order valence-electron chi connectivity index (χ4n) is 3.01. The number of ketones is 1. The maximum Gasteiger partial charge on any atom is 0.412 e. The monoisotopic (exact) mass is 479 g/mol. The highest BCUT2D eigenvalue weighted by molar-refractivity contribution is 7.14. The predicted molar refractivity (Wildman–Crippen MR) is 128 cm³/mol. The van der Waals surface area contributed by atoms with Crippen LogP contribution in [0.5, 0.6) is 0 Å². The van der Waals surface area contributed by atoms with E-state index in [0.717, 1.165) is 11.3 Å². The first kappa shape index (κ1) is 24.6. The van der Waals surface area contributed by atoms with Gasteiger partial charge in [-0.2, -0.15) is 5.26 Å². The first-order valence-electron chi connectivity index (χ1n) is 10.3. The van der Waals surface area contributed by atoms with Crippen LogP contribution >= 0.6 is 11.3 Å². The Bertz CT molecular complexity index is 1290. The van der Waals surface area contributed by atoms with E-state index in [1.165, 1.54) is 30.3 Å². The van der Waals surface area contributed by atoms with E-state index in [2.05, 4.69) is 10.6 Å². The average Bonchev–Trinajstić information content (AvgIpc) is 3.23. The summed E-state index contributed by atoms with van der Waals surface area (Å²) in [7, 11) is 0. The number of nitrogens with one attached hydrogen (secondary N) is 2. The van der Waals surface area contributed by atoms with Gasteiger partial charge in [-0.1, -0.05) is 24.3 Å². The molecule has 7 nitrogen and oxygen atoms in total. The van der Waals surface area contributed by atoms with Crippen molar-refractivity contribution < 1.29 is 23.5 Å². The number of rotatable bonds is 6. The lowest BCUT2D eigenvalue weighted by Crippen LogP contribution is -2.27. The van der Waals surface area contributed by atoms with E-state index < -0.39 is 35.6 Å². The molecule has 1 aromatic heterocycles. The van der Waals surface area contributed by atoms with Gasteiger partial charge in [-0.15, -0.1) is 11.3 Å². The molecular formula is C25H22FN3O4S. The molecule has 0 bridgehead atoms. The minimum Gasteiger partial charge on any atom is -0.444 e. The zero-order chi connectivity index (χ0) is 24.9. The highest BCUT2D eigenvalue weighted by Gasteiger charge is 2.20. The Morgan fingerprint density at radius 3 is 2.41 bits per heavy atom. The van der Waals surface area contributed by atoms with Crippen molar-refractivity contribution in [1.29, 1.82) is 5.26 Å². The molecule has 0 aliphatic rings. The van der Waals surface area contributed by atoms with Gasteiger partial charge in [-0.25, -0.2) is 9.18 Å². The molecule has 0 saturated carbocycles. The van der Waals surface area contributed by atoms with E-state index in [9.17, 15) is 18.8 Å². The van der Waals surface area contributed by atoms with Crippen LogP contribution in [0.15, 0.2) is 54.6 Å². The number of Topliss-reactive ketones (excluding diaryl/α,β-unsaturated/α-hetero) is 1. The topological polar surface area (TPSA) is 108 Å². The molecule has 0 atom stereocenters. The quantitative estimate of drug-likeness (QED) is 0.334. The zero-order valence-electron chi connectivity index (χ0n) is 18.8. The van der Waals surface area contributed by atoms with Crippen molar-refractivity contribution in [3.05, 3.63) is 70.2 Å². The first-order valence-corrected chi connectivity index (χ1v) is 11.1. The van der Waals surface area contributed by atoms with Gasteiger partial charge in [-0.3, -0.25) is 14.9 Å². The lowest BCUT2D eigenvalue weighted by Gasteiger charge is -2.21. The van der Waals surface area contributed by atoms with Gasteiger partial charge in [0.15, 0.2) is 5.78 Å². The molecule has 1 heterocycles. The molecule has 2 N–H and O–H groups in total. The summed E-state index contributed by atoms with van der Waals surface area (Å²) >= 11 is 1.00. The summed E-state index contributed by atoms with van der Waals surface area (Å²) in [6.45, 7) is 5.14. The van der Waals surface area contributed by atoms with Crippen LogP contribution in [0.2, 0.25) is 0 Å². The summed E-state index contributed by atoms with van der Waals surface area (Å²) < 4.78 is 19.6. The van der Waals surface area contributed by atoms with E-state index in [1.54, 1.807) is 45.0 Å². The van der Waals surface area contributed by atoms with Crippen molar-refractivity contribution in [1.82, 2.24) is 0 Å². The maximum atomic E-state index is 14.3. The highest BCUT2D eigenvalue weighted by Crippen LogP contribution is 2.31. The van der Waals surface area contributed by atoms with E-state index in [4.69, 9.17) is 10.00 Å². The summed E-state index contributed by atoms with van der Waals surface area (Å²) in [6, 6.07) is 15.7. The van der Waals surface area contributed by atoms with Gasteiger partial charge in [0.25, 0.3) is 0 Å². The molecule has 2 amide bonds. The molecule has 0 spiro atoms. The van der Waals surface area contributed by atoms with E-state index in [-0.39, 0.29) is 11.4 Å². The standard InChI is InChI=1S/C25H22FN3O4S/c1-25(2,3)33-24(32)29-19-10-8-15(17-6-4-5-7-18(17)26)12-20(19)28-23(31)13-21(30)22-11-9-16(14-27)34-22/h4-12H,13H2,1-3H3,(H,28,31)(H,29,32). The van der Waals surface area contributed by atoms with Crippen LogP contribution in [0.3, 0.4) is 0 Å². The van der Waals surface area contributed by atoms with Crippen LogP contribution in [0.4, 0.5) is 20.6 Å². The molecule has 9 heteroatoms. The fraction of sp³-hybridized carbons (Fsp3) is 0.200. The Hall–Kier alpha value is -4.03. The minimum atomic E-state index is -0.740. The predicted octanol–water partition coefficient (Wildman–Crippen LogP) is 5.98. The molecule has 0 saturated heterocycles. The van der Waals surface area contributed by atoms with E-state index >= 15 is 0 Å². The molecule has 0 aliphatic carbocycles. The summed E-state index contributed by atoms with van der Waals surface area (Å²) in [5, 5.41) is 14.1. The van der Waals surface area contributed by atoms with E-state index in [1.807, 2.05) is 6.07 Å². The number of ether oxygens (including phenoxy) is 1. The fourth-order valence-corrected chi connectivity index (χ4v) is 3.75. The summed E-state index contributed by atoms with van der Waals surface area (Å²) in [4.78, 5) is 38.0. The van der Waals surface area contributed by atoms with Crippen molar-refractivity contribution in [2.24, 2.45) is 0 Å². The second kappa shape index (κ2) is 10.3. The normalized spacial score (nSPS) is 10.8. The van der Waals surface area contributed by atoms with Crippen LogP contribution in [-0.2, 0) is 9.53 Å². The van der Waals surface area contributed by atoms with Crippen molar-refractivity contribution in [2.75, 3.05) is 10.6 Å². The largest absolute Gasteiger partial charge is 0.444 e. The number of carbonyl (C=O) groups excluding carboxylic acids is 3. The number of anilines is 2. The average molecular weight is 480 g/mol. The molecule has 3 aromatic rings. The Balaban J connectivity index is 1.86. The molecule has 174 valence electrons. The lowest BCUT2D eigenvalue weighted by atomic mass is 10.0. The van der Waals surface area contributed by atoms with Gasteiger partial charge < -0.3 is 10.1 Å². The highest BCUT2D eigenvalue weighted by atomic mass is 32.1. The van der Waals surface area contributed by atoms with Gasteiger partial charge in [0.1, 0.15) is 22.4 Å². The molecule has 0 fully saturated rings. The number of nitrogens with zero attached hydrogens (tertiary/aromatic N) is 1. The molecular weight excluding hydrogens is 457 g/mol. The third-order valence-corrected chi connectivity index (χ3v) is 5.46. The number of benzene rings is 2. The van der Waals surface area contributed by atoms with Gasteiger partial charge >= 0.3 is 6.09 Å². The molecule has 2 aromatic carbocycles. The molecule has 0 aliphatic heterocycles.